The standard InChI is InChI=1S/C23H24N6O2/c1-16-7-8-18-14-19(23(30)24-20(18)13-16)21(28-9-11-31-12-10-28)22-25-26-27-29(22)15-17-5-3-2-4-6-17/h2-8,13-14,21H,9-12,15H2,1H3,(H,24,30)/t21-/m0/s1. The molecule has 8 nitrogen and oxygen atoms in total. The molecule has 0 radical (unpaired) electrons. The second kappa shape index (κ2) is 8.41. The molecular weight excluding hydrogens is 392 g/mol. The third-order valence-electron chi connectivity index (χ3n) is 5.71. The zero-order valence-corrected chi connectivity index (χ0v) is 17.4. The van der Waals surface area contributed by atoms with Gasteiger partial charge in [0.25, 0.3) is 5.56 Å². The number of pyridine rings is 1. The molecule has 1 fully saturated rings. The number of nitrogens with zero attached hydrogens (tertiary/aromatic N) is 5. The summed E-state index contributed by atoms with van der Waals surface area (Å²) in [5, 5.41) is 13.6. The third kappa shape index (κ3) is 3.99. The number of ether oxygens (including phenoxy) is 1. The van der Waals surface area contributed by atoms with Gasteiger partial charge in [0.2, 0.25) is 0 Å². The van der Waals surface area contributed by atoms with E-state index < -0.39 is 0 Å². The highest BCUT2D eigenvalue weighted by atomic mass is 16.5. The van der Waals surface area contributed by atoms with Crippen LogP contribution in [0, 0.1) is 6.92 Å². The molecule has 0 saturated carbocycles. The van der Waals surface area contributed by atoms with Crippen LogP contribution in [-0.2, 0) is 11.3 Å². The van der Waals surface area contributed by atoms with Gasteiger partial charge in [0.1, 0.15) is 6.04 Å². The number of hydrogen-bond donors (Lipinski definition) is 1. The quantitative estimate of drug-likeness (QED) is 0.537. The summed E-state index contributed by atoms with van der Waals surface area (Å²) < 4.78 is 7.34. The number of H-pyrrole nitrogens is 1. The van der Waals surface area contributed by atoms with Gasteiger partial charge in [-0.05, 0) is 46.0 Å². The Morgan fingerprint density at radius 3 is 2.71 bits per heavy atom. The second-order valence-electron chi connectivity index (χ2n) is 7.88. The summed E-state index contributed by atoms with van der Waals surface area (Å²) in [5.74, 6) is 0.655. The van der Waals surface area contributed by atoms with Gasteiger partial charge in [-0.3, -0.25) is 9.69 Å². The first-order valence-electron chi connectivity index (χ1n) is 10.4. The highest BCUT2D eigenvalue weighted by Crippen LogP contribution is 2.28. The molecule has 4 aromatic rings. The molecule has 8 heteroatoms. The van der Waals surface area contributed by atoms with E-state index in [-0.39, 0.29) is 11.6 Å². The normalized spacial score (nSPS) is 15.9. The summed E-state index contributed by atoms with van der Waals surface area (Å²) in [6.07, 6.45) is 0. The monoisotopic (exact) mass is 416 g/mol. The van der Waals surface area contributed by atoms with Crippen LogP contribution in [0.1, 0.15) is 28.6 Å². The fourth-order valence-electron chi connectivity index (χ4n) is 4.15. The number of benzene rings is 2. The minimum absolute atomic E-state index is 0.121. The van der Waals surface area contributed by atoms with Crippen LogP contribution in [0.15, 0.2) is 59.4 Å². The van der Waals surface area contributed by atoms with Crippen molar-refractivity contribution in [1.29, 1.82) is 0 Å². The number of tetrazole rings is 1. The smallest absolute Gasteiger partial charge is 0.253 e. The minimum atomic E-state index is -0.364. The van der Waals surface area contributed by atoms with Crippen molar-refractivity contribution in [2.45, 2.75) is 19.5 Å². The minimum Gasteiger partial charge on any atom is -0.379 e. The van der Waals surface area contributed by atoms with Crippen LogP contribution >= 0.6 is 0 Å². The number of morpholine rings is 1. The molecule has 2 aromatic heterocycles. The first-order valence-corrected chi connectivity index (χ1v) is 10.4. The highest BCUT2D eigenvalue weighted by molar-refractivity contribution is 5.79. The Labute approximate surface area is 179 Å². The Balaban J connectivity index is 1.62. The highest BCUT2D eigenvalue weighted by Gasteiger charge is 2.31. The van der Waals surface area contributed by atoms with E-state index in [0.717, 1.165) is 22.0 Å². The number of aryl methyl sites for hydroxylation is 1. The van der Waals surface area contributed by atoms with E-state index in [1.54, 1.807) is 4.68 Å². The van der Waals surface area contributed by atoms with E-state index in [4.69, 9.17) is 4.74 Å². The molecule has 2 aromatic carbocycles. The molecule has 1 aliphatic heterocycles. The number of nitrogens with one attached hydrogen (secondary N) is 1. The van der Waals surface area contributed by atoms with Gasteiger partial charge >= 0.3 is 0 Å². The summed E-state index contributed by atoms with van der Waals surface area (Å²) >= 11 is 0. The van der Waals surface area contributed by atoms with Crippen molar-refractivity contribution in [1.82, 2.24) is 30.1 Å². The molecule has 31 heavy (non-hydrogen) atoms. The van der Waals surface area contributed by atoms with Gasteiger partial charge in [-0.2, -0.15) is 0 Å². The van der Waals surface area contributed by atoms with Gasteiger partial charge in [-0.25, -0.2) is 4.68 Å². The average molecular weight is 416 g/mol. The lowest BCUT2D eigenvalue weighted by Gasteiger charge is -2.33. The molecule has 0 aliphatic carbocycles. The maximum absolute atomic E-state index is 13.2. The van der Waals surface area contributed by atoms with Crippen LogP contribution in [-0.4, -0.2) is 56.4 Å². The molecule has 1 aliphatic rings. The van der Waals surface area contributed by atoms with Crippen LogP contribution in [0.5, 0.6) is 0 Å². The van der Waals surface area contributed by atoms with E-state index in [0.29, 0.717) is 44.2 Å². The molecule has 1 saturated heterocycles. The van der Waals surface area contributed by atoms with E-state index in [1.165, 1.54) is 0 Å². The number of rotatable bonds is 5. The van der Waals surface area contributed by atoms with Crippen molar-refractivity contribution in [2.75, 3.05) is 26.3 Å². The fraction of sp³-hybridized carbons (Fsp3) is 0.304. The largest absolute Gasteiger partial charge is 0.379 e. The first kappa shape index (κ1) is 19.6. The molecular formula is C23H24N6O2. The maximum Gasteiger partial charge on any atom is 0.253 e. The first-order chi connectivity index (χ1) is 15.2. The molecule has 158 valence electrons. The van der Waals surface area contributed by atoms with Crippen molar-refractivity contribution in [3.8, 4) is 0 Å². The Bertz CT molecular complexity index is 1240. The summed E-state index contributed by atoms with van der Waals surface area (Å²) in [7, 11) is 0. The molecule has 0 spiro atoms. The summed E-state index contributed by atoms with van der Waals surface area (Å²) in [5.41, 5.74) is 3.55. The van der Waals surface area contributed by atoms with Gasteiger partial charge in [0.05, 0.1) is 19.8 Å². The molecule has 0 amide bonds. The molecule has 0 bridgehead atoms. The summed E-state index contributed by atoms with van der Waals surface area (Å²) in [4.78, 5) is 18.5. The molecule has 1 N–H and O–H groups in total. The van der Waals surface area contributed by atoms with Gasteiger partial charge in [-0.1, -0.05) is 42.5 Å². The SMILES string of the molecule is Cc1ccc2cc([C@@H](c3nnnn3Cc3ccccc3)N3CCOCC3)c(=O)[nH]c2c1. The van der Waals surface area contributed by atoms with Crippen LogP contribution in [0.4, 0.5) is 0 Å². The fourth-order valence-corrected chi connectivity index (χ4v) is 4.15. The summed E-state index contributed by atoms with van der Waals surface area (Å²) in [6, 6.07) is 17.7. The van der Waals surface area contributed by atoms with Crippen LogP contribution in [0.25, 0.3) is 10.9 Å². The van der Waals surface area contributed by atoms with Crippen molar-refractivity contribution in [2.24, 2.45) is 0 Å². The van der Waals surface area contributed by atoms with Crippen LogP contribution < -0.4 is 5.56 Å². The number of fused-ring (bicyclic) bond motifs is 1. The zero-order chi connectivity index (χ0) is 21.2. The van der Waals surface area contributed by atoms with E-state index in [2.05, 4.69) is 25.4 Å². The average Bonchev–Trinajstić information content (AvgIpc) is 3.23. The Morgan fingerprint density at radius 1 is 1.10 bits per heavy atom. The molecule has 0 unspecified atom stereocenters. The second-order valence-corrected chi connectivity index (χ2v) is 7.88. The van der Waals surface area contributed by atoms with Crippen molar-refractivity contribution < 1.29 is 4.74 Å². The predicted octanol–water partition coefficient (Wildman–Crippen LogP) is 2.29. The number of hydrogen-bond acceptors (Lipinski definition) is 6. The van der Waals surface area contributed by atoms with Crippen molar-refractivity contribution in [3.63, 3.8) is 0 Å². The Kier molecular flexibility index (Phi) is 5.31. The lowest BCUT2D eigenvalue weighted by Crippen LogP contribution is -2.42. The molecule has 5 rings (SSSR count). The van der Waals surface area contributed by atoms with Crippen LogP contribution in [0.2, 0.25) is 0 Å². The topological polar surface area (TPSA) is 88.9 Å². The molecule has 1 atom stereocenters. The Morgan fingerprint density at radius 2 is 1.90 bits per heavy atom. The van der Waals surface area contributed by atoms with Gasteiger partial charge in [-0.15, -0.1) is 5.10 Å². The van der Waals surface area contributed by atoms with Gasteiger partial charge in [0, 0.05) is 24.2 Å². The lowest BCUT2D eigenvalue weighted by molar-refractivity contribution is 0.0214. The number of aromatic nitrogens is 5. The van der Waals surface area contributed by atoms with E-state index in [9.17, 15) is 4.79 Å². The molecule has 3 heterocycles. The predicted molar refractivity (Wildman–Crippen MR) is 117 cm³/mol. The Hall–Kier alpha value is -3.36. The third-order valence-corrected chi connectivity index (χ3v) is 5.71. The van der Waals surface area contributed by atoms with E-state index >= 15 is 0 Å². The van der Waals surface area contributed by atoms with Crippen LogP contribution in [0.3, 0.4) is 0 Å². The van der Waals surface area contributed by atoms with Gasteiger partial charge in [0.15, 0.2) is 5.82 Å². The summed E-state index contributed by atoms with van der Waals surface area (Å²) in [6.45, 7) is 5.18. The maximum atomic E-state index is 13.2. The van der Waals surface area contributed by atoms with Crippen molar-refractivity contribution >= 4 is 10.9 Å². The zero-order valence-electron chi connectivity index (χ0n) is 17.4. The number of aromatic amines is 1. The van der Waals surface area contributed by atoms with Crippen molar-refractivity contribution in [3.05, 3.63) is 87.5 Å². The van der Waals surface area contributed by atoms with E-state index in [1.807, 2.05) is 61.5 Å². The lowest BCUT2D eigenvalue weighted by atomic mass is 10.0. The van der Waals surface area contributed by atoms with Gasteiger partial charge < -0.3 is 9.72 Å².